The monoisotopic (exact) mass is 694 g/mol. The molecule has 0 saturated heterocycles. The average Bonchev–Trinajstić information content (AvgIpc) is 3.71. The Labute approximate surface area is 319 Å². The first-order valence-electron chi connectivity index (χ1n) is 20.5. The van der Waals surface area contributed by atoms with Gasteiger partial charge >= 0.3 is 0 Å². The van der Waals surface area contributed by atoms with Crippen molar-refractivity contribution in [1.82, 2.24) is 0 Å². The summed E-state index contributed by atoms with van der Waals surface area (Å²) in [5.74, 6) is 0.712. The van der Waals surface area contributed by atoms with E-state index in [1.165, 1.54) is 45.4 Å². The second-order valence-corrected chi connectivity index (χ2v) is 19.1. The Morgan fingerprint density at radius 1 is 0.660 bits per heavy atom. The normalized spacial score (nSPS) is 28.5. The van der Waals surface area contributed by atoms with Crippen molar-refractivity contribution in [2.45, 2.75) is 100 Å². The fourth-order valence-corrected chi connectivity index (χ4v) is 12.7. The van der Waals surface area contributed by atoms with Crippen molar-refractivity contribution in [3.63, 3.8) is 0 Å². The van der Waals surface area contributed by atoms with Crippen LogP contribution in [0.5, 0.6) is 0 Å². The number of allylic oxidation sites excluding steroid dienone is 7. The third-order valence-electron chi connectivity index (χ3n) is 16.8. The van der Waals surface area contributed by atoms with E-state index in [-0.39, 0.29) is 27.1 Å². The second-order valence-electron chi connectivity index (χ2n) is 19.1. The highest BCUT2D eigenvalue weighted by molar-refractivity contribution is 5.93. The van der Waals surface area contributed by atoms with Crippen LogP contribution in [0, 0.1) is 33.0 Å². The molecule has 5 aliphatic carbocycles. The minimum absolute atomic E-state index is 0.0169. The second kappa shape index (κ2) is 11.7. The maximum atomic E-state index is 2.74. The van der Waals surface area contributed by atoms with Crippen LogP contribution < -0.4 is 0 Å². The Bertz CT molecular complexity index is 2260. The molecule has 4 unspecified atom stereocenters. The lowest BCUT2D eigenvalue weighted by atomic mass is 9.29. The molecule has 5 aliphatic rings. The maximum absolute atomic E-state index is 2.74. The fourth-order valence-electron chi connectivity index (χ4n) is 12.7. The molecular weight excluding hydrogens is 637 g/mol. The molecule has 0 aromatic heterocycles. The van der Waals surface area contributed by atoms with Gasteiger partial charge in [-0.3, -0.25) is 0 Å². The first kappa shape index (κ1) is 34.6. The summed E-state index contributed by atoms with van der Waals surface area (Å²) in [4.78, 5) is 0. The molecule has 0 aliphatic heterocycles. The van der Waals surface area contributed by atoms with Crippen LogP contribution in [0.3, 0.4) is 0 Å². The van der Waals surface area contributed by atoms with Gasteiger partial charge in [-0.2, -0.15) is 0 Å². The standard InChI is InChI=1S/C53H58/c1-10-19-38-33-42-39(36-29-27-35(28-30-36)34-20-12-11-13-21-34)24-18-25-41(42)45(38)48-47-43-32-37-22-14-15-23-40(37)46(43)44-26-16-17-31-52(44,8)53(47,9)51(6,7)50(4,5)49(48,2)3/h11-16,18,20-30,33,45,48H,10,17,19,31-32H2,1-9H3. The predicted octanol–water partition coefficient (Wildman–Crippen LogP) is 14.7. The van der Waals surface area contributed by atoms with Crippen molar-refractivity contribution in [3.8, 4) is 22.3 Å². The van der Waals surface area contributed by atoms with Gasteiger partial charge in [-0.05, 0) is 109 Å². The van der Waals surface area contributed by atoms with Crippen molar-refractivity contribution >= 4 is 11.6 Å². The predicted molar refractivity (Wildman–Crippen MR) is 226 cm³/mol. The first-order valence-corrected chi connectivity index (χ1v) is 20.5. The molecular formula is C53H58. The molecule has 270 valence electrons. The van der Waals surface area contributed by atoms with Crippen molar-refractivity contribution in [1.29, 1.82) is 0 Å². The van der Waals surface area contributed by atoms with Gasteiger partial charge in [-0.1, -0.05) is 195 Å². The van der Waals surface area contributed by atoms with Gasteiger partial charge < -0.3 is 0 Å². The highest BCUT2D eigenvalue weighted by atomic mass is 14.8. The van der Waals surface area contributed by atoms with Gasteiger partial charge in [0.2, 0.25) is 0 Å². The average molecular weight is 695 g/mol. The molecule has 0 nitrogen and oxygen atoms in total. The summed E-state index contributed by atoms with van der Waals surface area (Å²) in [6.07, 6.45) is 13.4. The lowest BCUT2D eigenvalue weighted by molar-refractivity contribution is -0.185. The van der Waals surface area contributed by atoms with Crippen LogP contribution in [-0.4, -0.2) is 0 Å². The fraction of sp³-hybridized carbons (Fsp3) is 0.396. The molecule has 4 atom stereocenters. The number of hydrogen-bond donors (Lipinski definition) is 0. The van der Waals surface area contributed by atoms with Crippen LogP contribution >= 0.6 is 0 Å². The Kier molecular flexibility index (Phi) is 7.62. The molecule has 53 heavy (non-hydrogen) atoms. The molecule has 1 fully saturated rings. The van der Waals surface area contributed by atoms with Crippen LogP contribution in [-0.2, 0) is 6.42 Å². The molecule has 4 aromatic carbocycles. The minimum atomic E-state index is -0.0321. The zero-order valence-corrected chi connectivity index (χ0v) is 33.7. The van der Waals surface area contributed by atoms with Crippen LogP contribution in [0.15, 0.2) is 132 Å². The third-order valence-corrected chi connectivity index (χ3v) is 16.8. The van der Waals surface area contributed by atoms with Crippen molar-refractivity contribution in [3.05, 3.63) is 154 Å². The van der Waals surface area contributed by atoms with E-state index < -0.39 is 0 Å². The van der Waals surface area contributed by atoms with E-state index in [1.54, 1.807) is 33.4 Å². The third kappa shape index (κ3) is 4.36. The largest absolute Gasteiger partial charge is 0.0842 e. The van der Waals surface area contributed by atoms with Gasteiger partial charge in [0, 0.05) is 16.7 Å². The summed E-state index contributed by atoms with van der Waals surface area (Å²) in [6, 6.07) is 36.7. The van der Waals surface area contributed by atoms with E-state index >= 15 is 0 Å². The van der Waals surface area contributed by atoms with E-state index in [2.05, 4.69) is 178 Å². The summed E-state index contributed by atoms with van der Waals surface area (Å²) >= 11 is 0. The first-order chi connectivity index (χ1) is 25.3. The number of rotatable bonds is 5. The Morgan fingerprint density at radius 2 is 1.32 bits per heavy atom. The number of benzene rings is 4. The van der Waals surface area contributed by atoms with Gasteiger partial charge in [0.05, 0.1) is 0 Å². The van der Waals surface area contributed by atoms with Crippen LogP contribution in [0.25, 0.3) is 33.9 Å². The molecule has 0 spiro atoms. The molecule has 4 aromatic rings. The van der Waals surface area contributed by atoms with E-state index in [0.29, 0.717) is 11.8 Å². The Balaban J connectivity index is 1.30. The summed E-state index contributed by atoms with van der Waals surface area (Å²) in [6.45, 7) is 23.7. The van der Waals surface area contributed by atoms with E-state index in [4.69, 9.17) is 0 Å². The zero-order valence-electron chi connectivity index (χ0n) is 33.7. The van der Waals surface area contributed by atoms with Crippen LogP contribution in [0.4, 0.5) is 0 Å². The quantitative estimate of drug-likeness (QED) is 0.195. The number of fused-ring (bicyclic) bond motifs is 7. The molecule has 0 radical (unpaired) electrons. The Morgan fingerprint density at radius 3 is 2.06 bits per heavy atom. The van der Waals surface area contributed by atoms with Crippen molar-refractivity contribution in [2.24, 2.45) is 33.0 Å². The molecule has 0 heteroatoms. The molecule has 0 amide bonds. The van der Waals surface area contributed by atoms with Crippen molar-refractivity contribution < 1.29 is 0 Å². The summed E-state index contributed by atoms with van der Waals surface area (Å²) in [5.41, 5.74) is 19.6. The lowest BCUT2D eigenvalue weighted by Crippen LogP contribution is -2.68. The van der Waals surface area contributed by atoms with Gasteiger partial charge in [0.1, 0.15) is 0 Å². The highest BCUT2D eigenvalue weighted by Crippen LogP contribution is 2.81. The molecule has 9 rings (SSSR count). The lowest BCUT2D eigenvalue weighted by Gasteiger charge is -2.75. The SMILES string of the molecule is CCCC1=Cc2c(-c3ccc(-c4ccccc4)cc3)cccc2C1C1C2=C3Cc4ccccc4C3=C3C=CCCC3(C)C2(C)C(C)(C)C(C)(C)C1(C)C. The van der Waals surface area contributed by atoms with Crippen molar-refractivity contribution in [2.75, 3.05) is 0 Å². The molecule has 0 bridgehead atoms. The zero-order chi connectivity index (χ0) is 37.1. The van der Waals surface area contributed by atoms with Gasteiger partial charge in [0.25, 0.3) is 0 Å². The molecule has 0 N–H and O–H groups in total. The Hall–Kier alpha value is -4.16. The summed E-state index contributed by atoms with van der Waals surface area (Å²) < 4.78 is 0. The van der Waals surface area contributed by atoms with Gasteiger partial charge in [0.15, 0.2) is 0 Å². The molecule has 1 saturated carbocycles. The summed E-state index contributed by atoms with van der Waals surface area (Å²) in [7, 11) is 0. The smallest absolute Gasteiger partial charge is 0.0129 e. The summed E-state index contributed by atoms with van der Waals surface area (Å²) in [5, 5.41) is 0. The topological polar surface area (TPSA) is 0 Å². The van der Waals surface area contributed by atoms with Gasteiger partial charge in [-0.25, -0.2) is 0 Å². The van der Waals surface area contributed by atoms with Crippen LogP contribution in [0.1, 0.15) is 116 Å². The maximum Gasteiger partial charge on any atom is 0.0129 e. The van der Waals surface area contributed by atoms with E-state index in [9.17, 15) is 0 Å². The van der Waals surface area contributed by atoms with Crippen LogP contribution in [0.2, 0.25) is 0 Å². The van der Waals surface area contributed by atoms with E-state index in [1.807, 2.05) is 0 Å². The highest BCUT2D eigenvalue weighted by Gasteiger charge is 2.73. The molecule has 0 heterocycles. The van der Waals surface area contributed by atoms with Gasteiger partial charge in [-0.15, -0.1) is 0 Å². The minimum Gasteiger partial charge on any atom is -0.0842 e. The number of hydrogen-bond acceptors (Lipinski definition) is 0. The van der Waals surface area contributed by atoms with E-state index in [0.717, 1.165) is 25.7 Å².